The Labute approximate surface area is 155 Å². The summed E-state index contributed by atoms with van der Waals surface area (Å²) < 4.78 is 0. The molecule has 0 aliphatic rings. The van der Waals surface area contributed by atoms with Crippen LogP contribution in [0.2, 0.25) is 0 Å². The van der Waals surface area contributed by atoms with Crippen LogP contribution < -0.4 is 10.9 Å². The summed E-state index contributed by atoms with van der Waals surface area (Å²) in [5, 5.41) is 16.4. The van der Waals surface area contributed by atoms with Crippen LogP contribution >= 0.6 is 0 Å². The van der Waals surface area contributed by atoms with Gasteiger partial charge in [0, 0.05) is 29.3 Å². The molecule has 138 valence electrons. The number of non-ortho nitro benzene ring substituents is 1. The van der Waals surface area contributed by atoms with Gasteiger partial charge in [0.1, 0.15) is 5.69 Å². The van der Waals surface area contributed by atoms with Crippen LogP contribution in [0, 0.1) is 15.0 Å². The van der Waals surface area contributed by atoms with Crippen LogP contribution in [0.4, 0.5) is 17.1 Å². The van der Waals surface area contributed by atoms with Crippen LogP contribution in [0.15, 0.2) is 59.9 Å². The van der Waals surface area contributed by atoms with E-state index in [2.05, 4.69) is 10.2 Å². The Kier molecular flexibility index (Phi) is 5.37. The third-order valence-electron chi connectivity index (χ3n) is 4.49. The molecule has 0 saturated heterocycles. The molecule has 0 aliphatic heterocycles. The molecule has 1 unspecified atom stereocenters. The van der Waals surface area contributed by atoms with Gasteiger partial charge in [-0.1, -0.05) is 31.5 Å². The van der Waals surface area contributed by atoms with Crippen molar-refractivity contribution in [2.75, 3.05) is 5.01 Å². The first kappa shape index (κ1) is 18.4. The topological polar surface area (TPSA) is 115 Å². The first-order valence-electron chi connectivity index (χ1n) is 8.56. The number of anilines is 1. The van der Waals surface area contributed by atoms with E-state index < -0.39 is 4.92 Å². The normalized spacial score (nSPS) is 11.9. The third-order valence-corrected chi connectivity index (χ3v) is 4.49. The van der Waals surface area contributed by atoms with E-state index in [-0.39, 0.29) is 17.4 Å². The van der Waals surface area contributed by atoms with Gasteiger partial charge >= 0.3 is 0 Å². The van der Waals surface area contributed by atoms with Crippen molar-refractivity contribution in [3.8, 4) is 0 Å². The molecule has 1 aromatic heterocycles. The number of nitrogens with zero attached hydrogens (tertiary/aromatic N) is 4. The van der Waals surface area contributed by atoms with Crippen molar-refractivity contribution in [1.82, 2.24) is 4.98 Å². The van der Waals surface area contributed by atoms with E-state index in [1.165, 1.54) is 17.1 Å². The fourth-order valence-corrected chi connectivity index (χ4v) is 3.15. The predicted octanol–water partition coefficient (Wildman–Crippen LogP) is 4.76. The second-order valence-electron chi connectivity index (χ2n) is 6.16. The largest absolute Gasteiger partial charge is 0.304 e. The molecule has 1 heterocycles. The third kappa shape index (κ3) is 3.61. The zero-order valence-electron chi connectivity index (χ0n) is 14.8. The van der Waals surface area contributed by atoms with Gasteiger partial charge in [-0.2, -0.15) is 0 Å². The van der Waals surface area contributed by atoms with Gasteiger partial charge in [0.2, 0.25) is 0 Å². The van der Waals surface area contributed by atoms with E-state index in [1.54, 1.807) is 24.4 Å². The Hall–Kier alpha value is -3.39. The summed E-state index contributed by atoms with van der Waals surface area (Å²) in [6.07, 6.45) is 3.12. The highest BCUT2D eigenvalue weighted by Gasteiger charge is 2.23. The number of hydrogen-bond acceptors (Lipinski definition) is 7. The van der Waals surface area contributed by atoms with Crippen molar-refractivity contribution in [1.29, 1.82) is 0 Å². The van der Waals surface area contributed by atoms with Crippen LogP contribution in [0.1, 0.15) is 31.4 Å². The molecule has 8 nitrogen and oxygen atoms in total. The van der Waals surface area contributed by atoms with Gasteiger partial charge < -0.3 is 5.01 Å². The zero-order chi connectivity index (χ0) is 19.4. The molecule has 3 rings (SSSR count). The van der Waals surface area contributed by atoms with Gasteiger partial charge in [0.05, 0.1) is 22.2 Å². The van der Waals surface area contributed by atoms with E-state index in [0.717, 1.165) is 11.8 Å². The lowest BCUT2D eigenvalue weighted by molar-refractivity contribution is -0.384. The maximum absolute atomic E-state index is 11.6. The highest BCUT2D eigenvalue weighted by atomic mass is 16.6. The molecule has 0 spiro atoms. The predicted molar refractivity (Wildman–Crippen MR) is 105 cm³/mol. The average Bonchev–Trinajstić information content (AvgIpc) is 2.70. The van der Waals surface area contributed by atoms with Gasteiger partial charge in [0.25, 0.3) is 5.69 Å². The van der Waals surface area contributed by atoms with Crippen LogP contribution in [-0.2, 0) is 0 Å². The Bertz CT molecular complexity index is 975. The fraction of sp³-hybridized carbons (Fsp3) is 0.211. The number of nitrogens with two attached hydrogens (primary N) is 1. The number of rotatable bonds is 7. The standard InChI is InChI=1S/C19H19N5O3/c1-2-4-17(23(20)14-7-9-15(10-8-14)24(26)27)16-11-6-13-5-3-12-21-18(13)19(16)22-25/h3,5-12,17H,2,4,20H2,1H3. The monoisotopic (exact) mass is 365 g/mol. The van der Waals surface area contributed by atoms with Gasteiger partial charge in [-0.3, -0.25) is 15.1 Å². The molecule has 0 radical (unpaired) electrons. The SMILES string of the molecule is CCCC(c1ccc2cccnc2c1N=O)N(N)c1ccc([N+](=O)[O-])cc1. The zero-order valence-corrected chi connectivity index (χ0v) is 14.8. The molecule has 2 aromatic carbocycles. The first-order chi connectivity index (χ1) is 13.1. The van der Waals surface area contributed by atoms with Crippen molar-refractivity contribution in [3.63, 3.8) is 0 Å². The lowest BCUT2D eigenvalue weighted by atomic mass is 9.97. The minimum absolute atomic E-state index is 0.00987. The van der Waals surface area contributed by atoms with Gasteiger partial charge in [-0.15, -0.1) is 4.91 Å². The van der Waals surface area contributed by atoms with Crippen molar-refractivity contribution in [3.05, 3.63) is 75.3 Å². The summed E-state index contributed by atoms with van der Waals surface area (Å²) in [5.74, 6) is 6.35. The molecule has 3 aromatic rings. The van der Waals surface area contributed by atoms with E-state index in [1.807, 2.05) is 25.1 Å². The van der Waals surface area contributed by atoms with Crippen LogP contribution in [0.3, 0.4) is 0 Å². The van der Waals surface area contributed by atoms with Crippen LogP contribution in [0.5, 0.6) is 0 Å². The maximum atomic E-state index is 11.6. The number of hydrazine groups is 1. The lowest BCUT2D eigenvalue weighted by Crippen LogP contribution is -2.35. The molecule has 2 N–H and O–H groups in total. The molecule has 27 heavy (non-hydrogen) atoms. The Morgan fingerprint density at radius 2 is 1.96 bits per heavy atom. The van der Waals surface area contributed by atoms with Crippen LogP contribution in [0.25, 0.3) is 10.9 Å². The van der Waals surface area contributed by atoms with Crippen molar-refractivity contribution in [2.45, 2.75) is 25.8 Å². The highest BCUT2D eigenvalue weighted by molar-refractivity contribution is 5.90. The molecule has 1 atom stereocenters. The minimum atomic E-state index is -0.461. The number of hydrogen-bond donors (Lipinski definition) is 1. The number of aromatic nitrogens is 1. The smallest absolute Gasteiger partial charge is 0.269 e. The molecule has 0 bridgehead atoms. The Morgan fingerprint density at radius 1 is 1.22 bits per heavy atom. The number of nitro benzene ring substituents is 1. The number of nitro groups is 1. The molecule has 8 heteroatoms. The van der Waals surface area contributed by atoms with Gasteiger partial charge in [-0.05, 0) is 29.8 Å². The molecule has 0 fully saturated rings. The summed E-state index contributed by atoms with van der Waals surface area (Å²) in [6, 6.07) is 13.1. The number of benzene rings is 2. The highest BCUT2D eigenvalue weighted by Crippen LogP contribution is 2.38. The molecule has 0 amide bonds. The van der Waals surface area contributed by atoms with Crippen molar-refractivity contribution >= 4 is 28.0 Å². The van der Waals surface area contributed by atoms with E-state index in [0.29, 0.717) is 23.2 Å². The molecular weight excluding hydrogens is 346 g/mol. The Balaban J connectivity index is 2.06. The van der Waals surface area contributed by atoms with E-state index >= 15 is 0 Å². The minimum Gasteiger partial charge on any atom is -0.304 e. The lowest BCUT2D eigenvalue weighted by Gasteiger charge is -2.30. The molecular formula is C19H19N5O3. The Morgan fingerprint density at radius 3 is 2.59 bits per heavy atom. The number of pyridine rings is 1. The molecule has 0 saturated carbocycles. The van der Waals surface area contributed by atoms with E-state index in [4.69, 9.17) is 5.84 Å². The fourth-order valence-electron chi connectivity index (χ4n) is 3.15. The number of nitroso groups, excluding NO2 is 1. The maximum Gasteiger partial charge on any atom is 0.269 e. The van der Waals surface area contributed by atoms with Crippen molar-refractivity contribution in [2.24, 2.45) is 11.0 Å². The second kappa shape index (κ2) is 7.88. The quantitative estimate of drug-likeness (QED) is 0.279. The van der Waals surface area contributed by atoms with Crippen LogP contribution in [-0.4, -0.2) is 9.91 Å². The first-order valence-corrected chi connectivity index (χ1v) is 8.56. The summed E-state index contributed by atoms with van der Waals surface area (Å²) in [6.45, 7) is 2.02. The molecule has 0 aliphatic carbocycles. The number of fused-ring (bicyclic) bond motifs is 1. The second-order valence-corrected chi connectivity index (χ2v) is 6.16. The average molecular weight is 365 g/mol. The van der Waals surface area contributed by atoms with Crippen molar-refractivity contribution < 1.29 is 4.92 Å². The van der Waals surface area contributed by atoms with Gasteiger partial charge in [-0.25, -0.2) is 5.84 Å². The summed E-state index contributed by atoms with van der Waals surface area (Å²) in [5.41, 5.74) is 2.08. The summed E-state index contributed by atoms with van der Waals surface area (Å²) in [4.78, 5) is 26.3. The summed E-state index contributed by atoms with van der Waals surface area (Å²) >= 11 is 0. The van der Waals surface area contributed by atoms with Gasteiger partial charge in [0.15, 0.2) is 0 Å². The summed E-state index contributed by atoms with van der Waals surface area (Å²) in [7, 11) is 0. The van der Waals surface area contributed by atoms with E-state index in [9.17, 15) is 15.0 Å².